The Balaban J connectivity index is 1.19. The Morgan fingerprint density at radius 1 is 1.17 bits per heavy atom. The van der Waals surface area contributed by atoms with E-state index in [2.05, 4.69) is 40.9 Å². The van der Waals surface area contributed by atoms with E-state index in [1.807, 2.05) is 24.4 Å². The molecule has 5 heterocycles. The van der Waals surface area contributed by atoms with Crippen LogP contribution in [0.2, 0.25) is 0 Å². The van der Waals surface area contributed by atoms with Gasteiger partial charge in [0, 0.05) is 43.0 Å². The Labute approximate surface area is 205 Å². The van der Waals surface area contributed by atoms with Crippen LogP contribution in [0, 0.1) is 5.82 Å². The van der Waals surface area contributed by atoms with Crippen molar-refractivity contribution in [2.75, 3.05) is 23.3 Å². The summed E-state index contributed by atoms with van der Waals surface area (Å²) < 4.78 is 23.4. The molecule has 184 valence electrons. The van der Waals surface area contributed by atoms with Gasteiger partial charge in [-0.2, -0.15) is 9.67 Å². The molecule has 0 amide bonds. The Hall–Kier alpha value is -4.42. The Morgan fingerprint density at radius 3 is 2.75 bits per heavy atom. The quantitative estimate of drug-likeness (QED) is 0.378. The highest BCUT2D eigenvalue weighted by Crippen LogP contribution is 2.31. The zero-order valence-electron chi connectivity index (χ0n) is 19.8. The topological polar surface area (TPSA) is 128 Å². The standard InChI is InChI=1S/C23H24FN11O/c1-14(2)20-29-23(36-30-20)33-8-5-15(6-9-33)22-26-12-19-21(25-7-10-34(19)22)28-16-3-4-18(17(24)11-16)35-13-27-31-32-35/h3-4,7,10-15H,5-6,8-9H2,1-2H3,(H,25,28). The van der Waals surface area contributed by atoms with Gasteiger partial charge in [0.1, 0.15) is 23.4 Å². The zero-order valence-corrected chi connectivity index (χ0v) is 19.8. The van der Waals surface area contributed by atoms with E-state index in [0.29, 0.717) is 17.5 Å². The first-order valence-electron chi connectivity index (χ1n) is 11.8. The molecule has 0 saturated carbocycles. The van der Waals surface area contributed by atoms with E-state index in [1.165, 1.54) is 17.1 Å². The van der Waals surface area contributed by atoms with Crippen molar-refractivity contribution in [1.82, 2.24) is 44.7 Å². The van der Waals surface area contributed by atoms with Crippen molar-refractivity contribution in [2.45, 2.75) is 38.5 Å². The van der Waals surface area contributed by atoms with E-state index in [9.17, 15) is 4.39 Å². The first kappa shape index (κ1) is 22.1. The van der Waals surface area contributed by atoms with E-state index in [1.54, 1.807) is 24.5 Å². The van der Waals surface area contributed by atoms with Crippen LogP contribution in [-0.4, -0.2) is 57.8 Å². The molecule has 4 aromatic heterocycles. The second-order valence-electron chi connectivity index (χ2n) is 9.04. The summed E-state index contributed by atoms with van der Waals surface area (Å²) in [7, 11) is 0. The number of tetrazole rings is 1. The molecule has 1 aromatic carbocycles. The number of fused-ring (bicyclic) bond motifs is 1. The molecular formula is C23H24FN11O. The summed E-state index contributed by atoms with van der Waals surface area (Å²) in [6.07, 6.45) is 8.59. The summed E-state index contributed by atoms with van der Waals surface area (Å²) >= 11 is 0. The van der Waals surface area contributed by atoms with Crippen molar-refractivity contribution >= 4 is 23.0 Å². The number of halogens is 1. The molecule has 0 unspecified atom stereocenters. The van der Waals surface area contributed by atoms with Crippen molar-refractivity contribution in [3.8, 4) is 5.69 Å². The van der Waals surface area contributed by atoms with Gasteiger partial charge in [-0.3, -0.25) is 4.40 Å². The first-order valence-corrected chi connectivity index (χ1v) is 11.8. The fourth-order valence-electron chi connectivity index (χ4n) is 4.44. The molecule has 1 fully saturated rings. The van der Waals surface area contributed by atoms with Gasteiger partial charge in [0.2, 0.25) is 0 Å². The number of rotatable bonds is 6. The lowest BCUT2D eigenvalue weighted by Gasteiger charge is -2.29. The molecule has 0 radical (unpaired) electrons. The fourth-order valence-corrected chi connectivity index (χ4v) is 4.44. The van der Waals surface area contributed by atoms with E-state index >= 15 is 0 Å². The van der Waals surface area contributed by atoms with Crippen LogP contribution in [0.1, 0.15) is 50.2 Å². The minimum absolute atomic E-state index is 0.230. The number of anilines is 3. The normalized spacial score (nSPS) is 14.7. The van der Waals surface area contributed by atoms with Gasteiger partial charge >= 0.3 is 6.01 Å². The van der Waals surface area contributed by atoms with Gasteiger partial charge in [-0.05, 0) is 41.5 Å². The zero-order chi connectivity index (χ0) is 24.6. The highest BCUT2D eigenvalue weighted by Gasteiger charge is 2.27. The van der Waals surface area contributed by atoms with Crippen molar-refractivity contribution < 1.29 is 8.91 Å². The lowest BCUT2D eigenvalue weighted by Crippen LogP contribution is -2.33. The highest BCUT2D eigenvalue weighted by molar-refractivity contribution is 5.73. The molecule has 13 heteroatoms. The summed E-state index contributed by atoms with van der Waals surface area (Å²) in [5, 5.41) is 18.1. The molecule has 1 saturated heterocycles. The molecule has 0 aliphatic carbocycles. The molecule has 1 N–H and O–H groups in total. The average Bonchev–Trinajstić information content (AvgIpc) is 3.65. The molecule has 5 aromatic rings. The molecule has 0 atom stereocenters. The van der Waals surface area contributed by atoms with Gasteiger partial charge in [-0.25, -0.2) is 14.4 Å². The average molecular weight is 490 g/mol. The summed E-state index contributed by atoms with van der Waals surface area (Å²) in [5.41, 5.74) is 1.63. The molecule has 1 aliphatic rings. The third-order valence-corrected chi connectivity index (χ3v) is 6.37. The summed E-state index contributed by atoms with van der Waals surface area (Å²) in [4.78, 5) is 15.8. The molecule has 0 spiro atoms. The number of hydrogen-bond donors (Lipinski definition) is 1. The van der Waals surface area contributed by atoms with E-state index in [4.69, 9.17) is 9.51 Å². The van der Waals surface area contributed by atoms with Crippen molar-refractivity contribution in [3.05, 3.63) is 60.6 Å². The Bertz CT molecular complexity index is 1490. The van der Waals surface area contributed by atoms with Crippen molar-refractivity contribution in [1.29, 1.82) is 0 Å². The third kappa shape index (κ3) is 4.01. The van der Waals surface area contributed by atoms with Crippen molar-refractivity contribution in [3.63, 3.8) is 0 Å². The minimum Gasteiger partial charge on any atom is -0.338 e. The predicted molar refractivity (Wildman–Crippen MR) is 128 cm³/mol. The number of hydrogen-bond acceptors (Lipinski definition) is 10. The molecule has 12 nitrogen and oxygen atoms in total. The number of benzene rings is 1. The van der Waals surface area contributed by atoms with Gasteiger partial charge in [-0.1, -0.05) is 19.0 Å². The van der Waals surface area contributed by atoms with Gasteiger partial charge < -0.3 is 14.7 Å². The number of nitrogens with zero attached hydrogens (tertiary/aromatic N) is 10. The number of aromatic nitrogens is 9. The van der Waals surface area contributed by atoms with E-state index in [-0.39, 0.29) is 17.5 Å². The predicted octanol–water partition coefficient (Wildman–Crippen LogP) is 3.48. The number of piperidine rings is 1. The van der Waals surface area contributed by atoms with Crippen LogP contribution in [-0.2, 0) is 0 Å². The Kier molecular flexibility index (Phi) is 5.51. The third-order valence-electron chi connectivity index (χ3n) is 6.37. The second kappa shape index (κ2) is 8.98. The maximum absolute atomic E-state index is 14.7. The molecule has 36 heavy (non-hydrogen) atoms. The maximum Gasteiger partial charge on any atom is 0.324 e. The van der Waals surface area contributed by atoms with Gasteiger partial charge in [-0.15, -0.1) is 5.10 Å². The lowest BCUT2D eigenvalue weighted by atomic mass is 9.96. The van der Waals surface area contributed by atoms with Gasteiger partial charge in [0.05, 0.1) is 6.20 Å². The van der Waals surface area contributed by atoms with Gasteiger partial charge in [0.15, 0.2) is 17.5 Å². The van der Waals surface area contributed by atoms with Crippen LogP contribution >= 0.6 is 0 Å². The minimum atomic E-state index is -0.457. The molecule has 0 bridgehead atoms. The van der Waals surface area contributed by atoms with Crippen LogP contribution < -0.4 is 10.2 Å². The molecule has 6 rings (SSSR count). The summed E-state index contributed by atoms with van der Waals surface area (Å²) in [5.74, 6) is 2.34. The highest BCUT2D eigenvalue weighted by atomic mass is 19.1. The second-order valence-corrected chi connectivity index (χ2v) is 9.04. The SMILES string of the molecule is CC(C)c1noc(N2CCC(c3ncc4c(Nc5ccc(-n6cnnn6)c(F)c5)nccn34)CC2)n1. The smallest absolute Gasteiger partial charge is 0.324 e. The first-order chi connectivity index (χ1) is 17.6. The number of imidazole rings is 1. The lowest BCUT2D eigenvalue weighted by molar-refractivity contribution is 0.384. The van der Waals surface area contributed by atoms with Crippen LogP contribution in [0.15, 0.2) is 47.6 Å². The van der Waals surface area contributed by atoms with E-state index < -0.39 is 5.82 Å². The Morgan fingerprint density at radius 2 is 2.03 bits per heavy atom. The summed E-state index contributed by atoms with van der Waals surface area (Å²) in [6, 6.07) is 5.33. The monoisotopic (exact) mass is 489 g/mol. The van der Waals surface area contributed by atoms with Crippen LogP contribution in [0.4, 0.5) is 21.9 Å². The van der Waals surface area contributed by atoms with Gasteiger partial charge in [0.25, 0.3) is 0 Å². The fraction of sp³-hybridized carbons (Fsp3) is 0.348. The maximum atomic E-state index is 14.7. The van der Waals surface area contributed by atoms with Crippen molar-refractivity contribution in [2.24, 2.45) is 0 Å². The largest absolute Gasteiger partial charge is 0.338 e. The molecule has 1 aliphatic heterocycles. The summed E-state index contributed by atoms with van der Waals surface area (Å²) in [6.45, 7) is 5.71. The van der Waals surface area contributed by atoms with Crippen LogP contribution in [0.25, 0.3) is 11.2 Å². The molecular weight excluding hydrogens is 465 g/mol. The van der Waals surface area contributed by atoms with Crippen LogP contribution in [0.5, 0.6) is 0 Å². The van der Waals surface area contributed by atoms with Crippen LogP contribution in [0.3, 0.4) is 0 Å². The number of nitrogens with one attached hydrogen (secondary N) is 1. The van der Waals surface area contributed by atoms with E-state index in [0.717, 1.165) is 43.1 Å².